The van der Waals surface area contributed by atoms with Gasteiger partial charge in [-0.15, -0.1) is 0 Å². The number of carboxylic acids is 1. The molecule has 0 radical (unpaired) electrons. The molecule has 0 amide bonds. The quantitative estimate of drug-likeness (QED) is 0.856. The largest absolute Gasteiger partial charge is 0.478 e. The summed E-state index contributed by atoms with van der Waals surface area (Å²) in [7, 11) is 0. The molecule has 4 heteroatoms. The molecule has 2 N–H and O–H groups in total. The highest BCUT2D eigenvalue weighted by atomic mass is 79.9. The number of hydrogen-bond acceptors (Lipinski definition) is 2. The van der Waals surface area contributed by atoms with Crippen LogP contribution in [0.4, 0.5) is 5.69 Å². The lowest BCUT2D eigenvalue weighted by molar-refractivity contribution is 0.0697. The van der Waals surface area contributed by atoms with E-state index in [4.69, 9.17) is 0 Å². The van der Waals surface area contributed by atoms with E-state index in [1.807, 2.05) is 12.1 Å². The highest BCUT2D eigenvalue weighted by Gasteiger charge is 2.41. The van der Waals surface area contributed by atoms with E-state index in [1.165, 1.54) is 25.7 Å². The van der Waals surface area contributed by atoms with Crippen LogP contribution in [0.3, 0.4) is 0 Å². The van der Waals surface area contributed by atoms with E-state index in [1.54, 1.807) is 6.07 Å². The van der Waals surface area contributed by atoms with Crippen LogP contribution in [-0.4, -0.2) is 17.1 Å². The van der Waals surface area contributed by atoms with Crippen LogP contribution in [0.2, 0.25) is 0 Å². The second-order valence-corrected chi connectivity index (χ2v) is 7.18. The number of carbonyl (C=O) groups is 1. The average molecular weight is 338 g/mol. The lowest BCUT2D eigenvalue weighted by Gasteiger charge is -2.29. The molecule has 0 aliphatic heterocycles. The van der Waals surface area contributed by atoms with Crippen molar-refractivity contribution in [3.05, 3.63) is 28.2 Å². The van der Waals surface area contributed by atoms with Crippen molar-refractivity contribution in [2.45, 2.75) is 38.6 Å². The molecular formula is C16H20BrNO2. The zero-order valence-electron chi connectivity index (χ0n) is 11.6. The maximum Gasteiger partial charge on any atom is 0.337 e. The van der Waals surface area contributed by atoms with Gasteiger partial charge in [0.05, 0.1) is 5.56 Å². The molecular weight excluding hydrogens is 318 g/mol. The smallest absolute Gasteiger partial charge is 0.337 e. The van der Waals surface area contributed by atoms with Gasteiger partial charge in [0.1, 0.15) is 0 Å². The van der Waals surface area contributed by atoms with Crippen molar-refractivity contribution < 1.29 is 9.90 Å². The maximum atomic E-state index is 11.3. The van der Waals surface area contributed by atoms with Crippen molar-refractivity contribution in [1.82, 2.24) is 0 Å². The van der Waals surface area contributed by atoms with E-state index in [0.29, 0.717) is 17.5 Å². The summed E-state index contributed by atoms with van der Waals surface area (Å²) in [6, 6.07) is 5.75. The third kappa shape index (κ3) is 2.58. The average Bonchev–Trinajstić information content (AvgIpc) is 3.03. The molecule has 3 rings (SSSR count). The summed E-state index contributed by atoms with van der Waals surface area (Å²) in [6.45, 7) is 2.19. The Bertz CT molecular complexity index is 531. The summed E-state index contributed by atoms with van der Waals surface area (Å²) in [5, 5.41) is 12.8. The van der Waals surface area contributed by atoms with Gasteiger partial charge < -0.3 is 10.4 Å². The zero-order valence-corrected chi connectivity index (χ0v) is 13.2. The molecule has 2 aliphatic rings. The lowest BCUT2D eigenvalue weighted by atomic mass is 9.84. The van der Waals surface area contributed by atoms with Crippen molar-refractivity contribution >= 4 is 27.6 Å². The van der Waals surface area contributed by atoms with E-state index < -0.39 is 5.97 Å². The number of hydrogen-bond donors (Lipinski definition) is 2. The third-order valence-corrected chi connectivity index (χ3v) is 5.52. The minimum absolute atomic E-state index is 0.338. The van der Waals surface area contributed by atoms with Crippen LogP contribution < -0.4 is 5.32 Å². The Morgan fingerprint density at radius 2 is 2.20 bits per heavy atom. The van der Waals surface area contributed by atoms with Crippen LogP contribution in [0.15, 0.2) is 22.7 Å². The summed E-state index contributed by atoms with van der Waals surface area (Å²) in [4.78, 5) is 11.3. The fourth-order valence-electron chi connectivity index (χ4n) is 4.08. The fraction of sp³-hybridized carbons (Fsp3) is 0.562. The molecule has 4 unspecified atom stereocenters. The maximum absolute atomic E-state index is 11.3. The Balaban J connectivity index is 1.76. The number of halogens is 1. The van der Waals surface area contributed by atoms with Crippen molar-refractivity contribution in [3.63, 3.8) is 0 Å². The van der Waals surface area contributed by atoms with Crippen LogP contribution in [0.1, 0.15) is 43.0 Å². The first kappa shape index (κ1) is 13.9. The standard InChI is InChI=1S/C16H20BrNO2/c1-9(13-7-10-2-3-11(13)6-10)18-15-5-4-12(17)8-14(15)16(19)20/h4-5,8-11,13,18H,2-3,6-7H2,1H3,(H,19,20). The molecule has 3 nitrogen and oxygen atoms in total. The number of nitrogens with one attached hydrogen (secondary N) is 1. The van der Waals surface area contributed by atoms with Crippen LogP contribution in [-0.2, 0) is 0 Å². The van der Waals surface area contributed by atoms with Gasteiger partial charge in [-0.05, 0) is 62.1 Å². The normalized spacial score (nSPS) is 29.4. The summed E-state index contributed by atoms with van der Waals surface area (Å²) < 4.78 is 0.799. The van der Waals surface area contributed by atoms with Gasteiger partial charge in [0.25, 0.3) is 0 Å². The molecule has 1 aromatic carbocycles. The fourth-order valence-corrected chi connectivity index (χ4v) is 4.44. The first-order valence-corrected chi connectivity index (χ1v) is 8.13. The molecule has 1 aromatic rings. The van der Waals surface area contributed by atoms with Gasteiger partial charge in [0.2, 0.25) is 0 Å². The Hall–Kier alpha value is -1.03. The number of aromatic carboxylic acids is 1. The predicted molar refractivity (Wildman–Crippen MR) is 83.1 cm³/mol. The second kappa shape index (κ2) is 5.40. The monoisotopic (exact) mass is 337 g/mol. The van der Waals surface area contributed by atoms with Crippen LogP contribution in [0, 0.1) is 17.8 Å². The first-order chi connectivity index (χ1) is 9.54. The topological polar surface area (TPSA) is 49.3 Å². The number of carboxylic acid groups (broad SMARTS) is 1. The van der Waals surface area contributed by atoms with Crippen LogP contribution in [0.25, 0.3) is 0 Å². The van der Waals surface area contributed by atoms with Crippen molar-refractivity contribution in [2.75, 3.05) is 5.32 Å². The molecule has 0 heterocycles. The lowest BCUT2D eigenvalue weighted by Crippen LogP contribution is -2.30. The van der Waals surface area contributed by atoms with E-state index in [-0.39, 0.29) is 0 Å². The van der Waals surface area contributed by atoms with Gasteiger partial charge >= 0.3 is 5.97 Å². The van der Waals surface area contributed by atoms with Gasteiger partial charge in [-0.2, -0.15) is 0 Å². The molecule has 2 saturated carbocycles. The van der Waals surface area contributed by atoms with E-state index in [2.05, 4.69) is 28.2 Å². The Morgan fingerprint density at radius 1 is 1.40 bits per heavy atom. The summed E-state index contributed by atoms with van der Waals surface area (Å²) in [5.74, 6) is 1.57. The molecule has 2 aliphatic carbocycles. The number of rotatable bonds is 4. The second-order valence-electron chi connectivity index (χ2n) is 6.27. The van der Waals surface area contributed by atoms with Gasteiger partial charge in [-0.1, -0.05) is 22.4 Å². The Kier molecular flexibility index (Phi) is 3.76. The highest BCUT2D eigenvalue weighted by Crippen LogP contribution is 2.49. The molecule has 0 saturated heterocycles. The molecule has 2 bridgehead atoms. The SMILES string of the molecule is CC(Nc1ccc(Br)cc1C(=O)O)C1CC2CCC1C2. The van der Waals surface area contributed by atoms with Crippen LogP contribution in [0.5, 0.6) is 0 Å². The number of fused-ring (bicyclic) bond motifs is 2. The van der Waals surface area contributed by atoms with Gasteiger partial charge in [-0.25, -0.2) is 4.79 Å². The Labute approximate surface area is 127 Å². The molecule has 20 heavy (non-hydrogen) atoms. The highest BCUT2D eigenvalue weighted by molar-refractivity contribution is 9.10. The van der Waals surface area contributed by atoms with Gasteiger partial charge in [-0.3, -0.25) is 0 Å². The van der Waals surface area contributed by atoms with E-state index in [0.717, 1.165) is 22.0 Å². The zero-order chi connectivity index (χ0) is 14.3. The molecule has 0 aromatic heterocycles. The third-order valence-electron chi connectivity index (χ3n) is 5.03. The minimum Gasteiger partial charge on any atom is -0.478 e. The van der Waals surface area contributed by atoms with E-state index in [9.17, 15) is 9.90 Å². The summed E-state index contributed by atoms with van der Waals surface area (Å²) in [5.41, 5.74) is 1.07. The van der Waals surface area contributed by atoms with Crippen molar-refractivity contribution in [3.8, 4) is 0 Å². The molecule has 2 fully saturated rings. The molecule has 0 spiro atoms. The van der Waals surface area contributed by atoms with Gasteiger partial charge in [0, 0.05) is 16.2 Å². The number of benzene rings is 1. The predicted octanol–water partition coefficient (Wildman–Crippen LogP) is 4.38. The van der Waals surface area contributed by atoms with Gasteiger partial charge in [0.15, 0.2) is 0 Å². The Morgan fingerprint density at radius 3 is 2.80 bits per heavy atom. The first-order valence-electron chi connectivity index (χ1n) is 7.34. The minimum atomic E-state index is -0.881. The van der Waals surface area contributed by atoms with Crippen molar-refractivity contribution in [1.29, 1.82) is 0 Å². The molecule has 4 atom stereocenters. The summed E-state index contributed by atoms with van der Waals surface area (Å²) in [6.07, 6.45) is 5.43. The molecule has 108 valence electrons. The van der Waals surface area contributed by atoms with Crippen molar-refractivity contribution in [2.24, 2.45) is 17.8 Å². The number of anilines is 1. The van der Waals surface area contributed by atoms with E-state index >= 15 is 0 Å². The summed E-state index contributed by atoms with van der Waals surface area (Å²) >= 11 is 3.33. The van der Waals surface area contributed by atoms with Crippen LogP contribution >= 0.6 is 15.9 Å².